The molecule has 0 radical (unpaired) electrons. The zero-order valence-electron chi connectivity index (χ0n) is 12.9. The second kappa shape index (κ2) is 9.07. The number of hydrogen-bond acceptors (Lipinski definition) is 3. The molecule has 23 heavy (non-hydrogen) atoms. The van der Waals surface area contributed by atoms with Crippen LogP contribution in [0.5, 0.6) is 5.75 Å². The third-order valence-electron chi connectivity index (χ3n) is 2.70. The van der Waals surface area contributed by atoms with Gasteiger partial charge in [-0.1, -0.05) is 17.3 Å². The highest BCUT2D eigenvalue weighted by Crippen LogP contribution is 2.31. The highest BCUT2D eigenvalue weighted by molar-refractivity contribution is 7.69. The van der Waals surface area contributed by atoms with Gasteiger partial charge in [-0.25, -0.2) is 4.42 Å². The highest BCUT2D eigenvalue weighted by atomic mass is 32.9. The van der Waals surface area contributed by atoms with E-state index in [2.05, 4.69) is 19.1 Å². The molecule has 1 aromatic heterocycles. The van der Waals surface area contributed by atoms with Gasteiger partial charge in [0.15, 0.2) is 0 Å². The molecule has 0 saturated carbocycles. The monoisotopic (exact) mass is 368 g/mol. The molecule has 0 amide bonds. The Balaban J connectivity index is 0.000000463. The fourth-order valence-corrected chi connectivity index (χ4v) is 4.60. The first-order chi connectivity index (χ1) is 10.8. The van der Waals surface area contributed by atoms with Gasteiger partial charge in [-0.2, -0.15) is 0 Å². The number of methoxy groups -OCH3 is 1. The van der Waals surface area contributed by atoms with Crippen LogP contribution in [0.1, 0.15) is 19.4 Å². The fourth-order valence-electron chi connectivity index (χ4n) is 1.78. The summed E-state index contributed by atoms with van der Waals surface area (Å²) in [6, 6.07) is 8.21. The molecule has 1 aromatic carbocycles. The topological polar surface area (TPSA) is 20.5 Å². The maximum Gasteiger partial charge on any atom is 0.673 e. The van der Waals surface area contributed by atoms with Crippen LogP contribution < -0.4 is 9.48 Å². The minimum absolute atomic E-state index is 0.724. The molecule has 0 unspecified atom stereocenters. The van der Waals surface area contributed by atoms with Gasteiger partial charge in [0.05, 0.1) is 17.6 Å². The van der Waals surface area contributed by atoms with Crippen molar-refractivity contribution in [1.29, 1.82) is 0 Å². The van der Waals surface area contributed by atoms with Gasteiger partial charge < -0.3 is 22.0 Å². The Morgan fingerprint density at radius 3 is 2.04 bits per heavy atom. The second-order valence-electron chi connectivity index (χ2n) is 4.27. The Hall–Kier alpha value is -1.35. The zero-order chi connectivity index (χ0) is 17.5. The molecule has 0 aliphatic heterocycles. The lowest BCUT2D eigenvalue weighted by Crippen LogP contribution is -2.02. The van der Waals surface area contributed by atoms with Crippen molar-refractivity contribution in [3.05, 3.63) is 39.0 Å². The van der Waals surface area contributed by atoms with E-state index in [1.165, 1.54) is 16.0 Å². The number of halogens is 4. The van der Waals surface area contributed by atoms with Crippen molar-refractivity contribution in [2.24, 2.45) is 0 Å². The highest BCUT2D eigenvalue weighted by Gasteiger charge is 2.20. The molecule has 0 N–H and O–H groups in total. The summed E-state index contributed by atoms with van der Waals surface area (Å²) in [5, 5.41) is 0. The molecule has 0 aliphatic carbocycles. The van der Waals surface area contributed by atoms with E-state index in [9.17, 15) is 17.3 Å². The third-order valence-corrected chi connectivity index (χ3v) is 5.15. The normalized spacial score (nSPS) is 11.9. The van der Waals surface area contributed by atoms with Crippen LogP contribution in [0.2, 0.25) is 0 Å². The fraction of sp³-hybridized carbons (Fsp3) is 0.357. The summed E-state index contributed by atoms with van der Waals surface area (Å²) in [6.07, 6.45) is 0.997. The largest absolute Gasteiger partial charge is 0.673 e. The van der Waals surface area contributed by atoms with Crippen LogP contribution in [0.15, 0.2) is 28.7 Å². The summed E-state index contributed by atoms with van der Waals surface area (Å²) in [6.45, 7) is 4.92. The maximum absolute atomic E-state index is 9.75. The van der Waals surface area contributed by atoms with E-state index in [-0.39, 0.29) is 0 Å². The van der Waals surface area contributed by atoms with Crippen molar-refractivity contribution in [3.8, 4) is 16.2 Å². The predicted molar refractivity (Wildman–Crippen MR) is 90.6 cm³/mol. The van der Waals surface area contributed by atoms with Crippen LogP contribution in [0, 0.1) is 0 Å². The molecule has 0 fully saturated rings. The first kappa shape index (κ1) is 19.7. The van der Waals surface area contributed by atoms with Gasteiger partial charge >= 0.3 is 12.0 Å². The van der Waals surface area contributed by atoms with Crippen LogP contribution in [0.25, 0.3) is 10.4 Å². The number of benzene rings is 1. The molecular weight excluding hydrogens is 351 g/mol. The first-order valence-corrected chi connectivity index (χ1v) is 9.04. The number of ether oxygens (including phenoxy) is 1. The maximum atomic E-state index is 9.75. The van der Waals surface area contributed by atoms with Gasteiger partial charge in [-0.15, -0.1) is 0 Å². The van der Waals surface area contributed by atoms with Crippen LogP contribution in [-0.4, -0.2) is 21.0 Å². The predicted octanol–water partition coefficient (Wildman–Crippen LogP) is 5.26. The van der Waals surface area contributed by atoms with E-state index in [4.69, 9.17) is 9.16 Å². The molecular formula is C14H17BF4O2S2. The summed E-state index contributed by atoms with van der Waals surface area (Å²) >= 11 is 0. The van der Waals surface area contributed by atoms with Gasteiger partial charge in [-0.05, 0) is 36.2 Å². The Kier molecular flexibility index (Phi) is 7.77. The van der Waals surface area contributed by atoms with E-state index >= 15 is 0 Å². The SMILES string of the molecule is CC[O+]=c1ssc(-c2ccc(OC)cc2)c1CC.F[B-](F)(F)F. The molecule has 2 nitrogen and oxygen atoms in total. The first-order valence-electron chi connectivity index (χ1n) is 6.89. The standard InChI is InChI=1S/C14H17O2S2.BF4/c1-4-12-13(17-18-14(12)16-5-2)10-6-8-11(15-3)9-7-10;2-1(3,4)5/h6-9H,4-5H2,1-3H3;/q+1;-1. The van der Waals surface area contributed by atoms with Crippen LogP contribution in [-0.2, 0) is 6.42 Å². The molecule has 0 saturated heterocycles. The molecule has 128 valence electrons. The summed E-state index contributed by atoms with van der Waals surface area (Å²) in [5.74, 6) is 0.891. The number of hydrogen-bond donors (Lipinski definition) is 0. The minimum Gasteiger partial charge on any atom is -0.497 e. The summed E-state index contributed by atoms with van der Waals surface area (Å²) in [4.78, 5) is 1.31. The number of rotatable bonds is 4. The lowest BCUT2D eigenvalue weighted by Gasteiger charge is -2.02. The molecule has 9 heteroatoms. The third kappa shape index (κ3) is 6.74. The van der Waals surface area contributed by atoms with Crippen molar-refractivity contribution in [2.75, 3.05) is 13.7 Å². The van der Waals surface area contributed by atoms with Gasteiger partial charge in [0.25, 0.3) is 6.61 Å². The van der Waals surface area contributed by atoms with Crippen molar-refractivity contribution < 1.29 is 22.0 Å². The summed E-state index contributed by atoms with van der Waals surface area (Å²) in [5.41, 5.74) is 2.55. The second-order valence-corrected chi connectivity index (χ2v) is 6.38. The van der Waals surface area contributed by atoms with E-state index in [0.29, 0.717) is 0 Å². The quantitative estimate of drug-likeness (QED) is 0.312. The van der Waals surface area contributed by atoms with E-state index < -0.39 is 7.25 Å². The van der Waals surface area contributed by atoms with Crippen molar-refractivity contribution in [1.82, 2.24) is 0 Å². The Labute approximate surface area is 139 Å². The summed E-state index contributed by atoms with van der Waals surface area (Å²) < 4.78 is 50.9. The van der Waals surface area contributed by atoms with Crippen LogP contribution in [0.4, 0.5) is 17.3 Å². The average Bonchev–Trinajstić information content (AvgIpc) is 2.89. The Morgan fingerprint density at radius 1 is 1.04 bits per heavy atom. The molecule has 2 rings (SSSR count). The van der Waals surface area contributed by atoms with Gasteiger partial charge in [0.2, 0.25) is 0 Å². The minimum atomic E-state index is -6.00. The van der Waals surface area contributed by atoms with Gasteiger partial charge in [0.1, 0.15) is 5.75 Å². The van der Waals surface area contributed by atoms with Crippen molar-refractivity contribution in [3.63, 3.8) is 0 Å². The average molecular weight is 368 g/mol. The van der Waals surface area contributed by atoms with Gasteiger partial charge in [0, 0.05) is 17.3 Å². The smallest absolute Gasteiger partial charge is 0.497 e. The lowest BCUT2D eigenvalue weighted by atomic mass is 10.1. The van der Waals surface area contributed by atoms with Crippen LogP contribution in [0.3, 0.4) is 0 Å². The molecule has 0 atom stereocenters. The van der Waals surface area contributed by atoms with Crippen LogP contribution >= 0.6 is 20.7 Å². The van der Waals surface area contributed by atoms with E-state index in [1.54, 1.807) is 27.8 Å². The summed E-state index contributed by atoms with van der Waals surface area (Å²) in [7, 11) is -0.811. The molecule has 2 aromatic rings. The Bertz CT molecular complexity index is 657. The molecule has 0 spiro atoms. The zero-order valence-corrected chi connectivity index (χ0v) is 14.6. The van der Waals surface area contributed by atoms with Gasteiger partial charge in [-0.3, -0.25) is 0 Å². The van der Waals surface area contributed by atoms with Crippen molar-refractivity contribution >= 4 is 27.9 Å². The lowest BCUT2D eigenvalue weighted by molar-refractivity contribution is 0.368. The van der Waals surface area contributed by atoms with Crippen molar-refractivity contribution in [2.45, 2.75) is 20.3 Å². The van der Waals surface area contributed by atoms with E-state index in [0.717, 1.165) is 23.5 Å². The van der Waals surface area contributed by atoms with E-state index in [1.807, 2.05) is 19.1 Å². The molecule has 0 bridgehead atoms. The molecule has 1 heterocycles. The molecule has 0 aliphatic rings. The Morgan fingerprint density at radius 2 is 1.61 bits per heavy atom.